The van der Waals surface area contributed by atoms with Gasteiger partial charge in [0.2, 0.25) is 5.91 Å². The molecule has 1 aliphatic heterocycles. The zero-order valence-electron chi connectivity index (χ0n) is 17.6. The summed E-state index contributed by atoms with van der Waals surface area (Å²) >= 11 is 0. The number of nitrogens with zero attached hydrogens (tertiary/aromatic N) is 2. The third kappa shape index (κ3) is 3.82. The number of phenols is 1. The molecular weight excluding hydrogens is 381 g/mol. The van der Waals surface area contributed by atoms with E-state index in [4.69, 9.17) is 5.73 Å². The summed E-state index contributed by atoms with van der Waals surface area (Å²) in [4.78, 5) is 16.6. The Bertz CT molecular complexity index is 933. The Kier molecular flexibility index (Phi) is 5.55. The van der Waals surface area contributed by atoms with Gasteiger partial charge in [-0.3, -0.25) is 9.69 Å². The number of rotatable bonds is 6. The zero-order valence-corrected chi connectivity index (χ0v) is 17.6. The molecule has 0 radical (unpaired) electrons. The first-order chi connectivity index (χ1) is 14.3. The number of aromatic hydroxyl groups is 1. The number of likely N-dealkylation sites (N-methyl/N-ethyl adjacent to an activating group) is 1. The van der Waals surface area contributed by atoms with Gasteiger partial charge >= 0.3 is 0 Å². The van der Waals surface area contributed by atoms with Crippen LogP contribution in [0.5, 0.6) is 5.75 Å². The number of nitrogens with two attached hydrogens (primary N) is 1. The van der Waals surface area contributed by atoms with Gasteiger partial charge in [0, 0.05) is 24.0 Å². The van der Waals surface area contributed by atoms with Gasteiger partial charge in [-0.15, -0.1) is 0 Å². The number of halogens is 1. The van der Waals surface area contributed by atoms with Crippen molar-refractivity contribution in [2.75, 3.05) is 26.7 Å². The number of primary amides is 1. The topological polar surface area (TPSA) is 69.8 Å². The summed E-state index contributed by atoms with van der Waals surface area (Å²) in [6, 6.07) is 12.6. The zero-order chi connectivity index (χ0) is 21.5. The fraction of sp³-hybridized carbons (Fsp3) is 0.458. The molecular formula is C24H30FN3O2. The highest BCUT2D eigenvalue weighted by molar-refractivity contribution is 5.76. The number of carbonyl (C=O) groups excluding carboxylic acids is 1. The molecule has 3 N–H and O–H groups in total. The average molecular weight is 412 g/mol. The SMILES string of the molecule is CN1CC[C@]2(C)c3cc(O)ccc3C[C@@H]1[C@@H]2N(CCc1ccc(F)cc1)CC(N)=O. The largest absolute Gasteiger partial charge is 0.508 e. The summed E-state index contributed by atoms with van der Waals surface area (Å²) in [5.74, 6) is -0.320. The van der Waals surface area contributed by atoms with Gasteiger partial charge < -0.3 is 15.7 Å². The molecule has 1 amide bonds. The summed E-state index contributed by atoms with van der Waals surface area (Å²) in [5, 5.41) is 10.2. The Morgan fingerprint density at radius 2 is 2.03 bits per heavy atom. The number of likely N-dealkylation sites (tertiary alicyclic amines) is 1. The van der Waals surface area contributed by atoms with E-state index in [1.54, 1.807) is 18.2 Å². The van der Waals surface area contributed by atoms with E-state index in [1.807, 2.05) is 12.1 Å². The molecule has 1 fully saturated rings. The van der Waals surface area contributed by atoms with E-state index in [2.05, 4.69) is 23.8 Å². The second kappa shape index (κ2) is 8.00. The van der Waals surface area contributed by atoms with Crippen molar-refractivity contribution in [3.63, 3.8) is 0 Å². The Labute approximate surface area is 177 Å². The van der Waals surface area contributed by atoms with Gasteiger partial charge in [-0.2, -0.15) is 0 Å². The van der Waals surface area contributed by atoms with Crippen LogP contribution in [0, 0.1) is 5.82 Å². The van der Waals surface area contributed by atoms with Crippen LogP contribution in [-0.4, -0.2) is 59.6 Å². The predicted molar refractivity (Wildman–Crippen MR) is 115 cm³/mol. The van der Waals surface area contributed by atoms with E-state index >= 15 is 0 Å². The number of hydrogen-bond donors (Lipinski definition) is 2. The maximum absolute atomic E-state index is 13.3. The van der Waals surface area contributed by atoms with E-state index in [9.17, 15) is 14.3 Å². The molecule has 1 heterocycles. The van der Waals surface area contributed by atoms with Crippen molar-refractivity contribution in [1.82, 2.24) is 9.80 Å². The predicted octanol–water partition coefficient (Wildman–Crippen LogP) is 2.45. The lowest BCUT2D eigenvalue weighted by Gasteiger charge is -2.58. The Balaban J connectivity index is 1.69. The van der Waals surface area contributed by atoms with Crippen LogP contribution in [-0.2, 0) is 23.1 Å². The first-order valence-corrected chi connectivity index (χ1v) is 10.6. The normalized spacial score (nSPS) is 25.9. The maximum Gasteiger partial charge on any atom is 0.231 e. The molecule has 0 unspecified atom stereocenters. The molecule has 6 heteroatoms. The first kappa shape index (κ1) is 20.8. The quantitative estimate of drug-likeness (QED) is 0.766. The summed E-state index contributed by atoms with van der Waals surface area (Å²) in [6.45, 7) is 4.06. The second-order valence-electron chi connectivity index (χ2n) is 9.02. The van der Waals surface area contributed by atoms with Crippen LogP contribution in [0.3, 0.4) is 0 Å². The van der Waals surface area contributed by atoms with Crippen LogP contribution in [0.1, 0.15) is 30.0 Å². The minimum absolute atomic E-state index is 0.0958. The Hall–Kier alpha value is -2.44. The molecule has 3 atom stereocenters. The van der Waals surface area contributed by atoms with Crippen molar-refractivity contribution < 1.29 is 14.3 Å². The van der Waals surface area contributed by atoms with Gasteiger partial charge in [0.25, 0.3) is 0 Å². The summed E-state index contributed by atoms with van der Waals surface area (Å²) in [5.41, 5.74) is 8.93. The number of benzene rings is 2. The van der Waals surface area contributed by atoms with Crippen molar-refractivity contribution in [2.24, 2.45) is 5.73 Å². The molecule has 2 aliphatic rings. The summed E-state index contributed by atoms with van der Waals surface area (Å²) in [7, 11) is 2.14. The molecule has 1 saturated heterocycles. The number of phenolic OH excluding ortho intramolecular Hbond substituents is 1. The van der Waals surface area contributed by atoms with Crippen molar-refractivity contribution in [3.05, 3.63) is 65.0 Å². The van der Waals surface area contributed by atoms with E-state index < -0.39 is 0 Å². The van der Waals surface area contributed by atoms with Gasteiger partial charge in [-0.25, -0.2) is 4.39 Å². The maximum atomic E-state index is 13.3. The highest BCUT2D eigenvalue weighted by Crippen LogP contribution is 2.47. The van der Waals surface area contributed by atoms with Crippen LogP contribution in [0.2, 0.25) is 0 Å². The molecule has 2 aromatic carbocycles. The first-order valence-electron chi connectivity index (χ1n) is 10.6. The van der Waals surface area contributed by atoms with Gasteiger partial charge in [0.15, 0.2) is 0 Å². The summed E-state index contributed by atoms with van der Waals surface area (Å²) in [6.07, 6.45) is 2.52. The fourth-order valence-electron chi connectivity index (χ4n) is 5.54. The van der Waals surface area contributed by atoms with Crippen molar-refractivity contribution in [3.8, 4) is 5.75 Å². The third-order valence-corrected chi connectivity index (χ3v) is 7.06. The van der Waals surface area contributed by atoms with E-state index in [0.29, 0.717) is 13.0 Å². The fourth-order valence-corrected chi connectivity index (χ4v) is 5.54. The van der Waals surface area contributed by atoms with Gasteiger partial charge in [-0.1, -0.05) is 25.1 Å². The Morgan fingerprint density at radius 1 is 1.30 bits per heavy atom. The molecule has 0 aromatic heterocycles. The van der Waals surface area contributed by atoms with Gasteiger partial charge in [0.05, 0.1) is 6.54 Å². The second-order valence-corrected chi connectivity index (χ2v) is 9.02. The van der Waals surface area contributed by atoms with Gasteiger partial charge in [-0.05, 0) is 73.8 Å². The molecule has 30 heavy (non-hydrogen) atoms. The van der Waals surface area contributed by atoms with Crippen LogP contribution < -0.4 is 5.73 Å². The minimum Gasteiger partial charge on any atom is -0.508 e. The molecule has 5 nitrogen and oxygen atoms in total. The monoisotopic (exact) mass is 411 g/mol. The van der Waals surface area contributed by atoms with Crippen molar-refractivity contribution in [1.29, 1.82) is 0 Å². The minimum atomic E-state index is -0.347. The molecule has 2 aromatic rings. The van der Waals surface area contributed by atoms with E-state index in [0.717, 1.165) is 24.9 Å². The molecule has 0 spiro atoms. The van der Waals surface area contributed by atoms with Crippen molar-refractivity contribution in [2.45, 2.75) is 43.7 Å². The van der Waals surface area contributed by atoms with E-state index in [-0.39, 0.29) is 41.5 Å². The highest BCUT2D eigenvalue weighted by atomic mass is 19.1. The smallest absolute Gasteiger partial charge is 0.231 e. The average Bonchev–Trinajstić information content (AvgIpc) is 2.70. The number of hydrogen-bond acceptors (Lipinski definition) is 4. The van der Waals surface area contributed by atoms with Crippen LogP contribution >= 0.6 is 0 Å². The molecule has 160 valence electrons. The molecule has 1 aliphatic carbocycles. The van der Waals surface area contributed by atoms with Crippen molar-refractivity contribution >= 4 is 5.91 Å². The third-order valence-electron chi connectivity index (χ3n) is 7.06. The summed E-state index contributed by atoms with van der Waals surface area (Å²) < 4.78 is 13.3. The number of piperidine rings is 1. The molecule has 0 saturated carbocycles. The number of carbonyl (C=O) groups is 1. The van der Waals surface area contributed by atoms with Crippen LogP contribution in [0.25, 0.3) is 0 Å². The Morgan fingerprint density at radius 3 is 2.73 bits per heavy atom. The van der Waals surface area contributed by atoms with Crippen LogP contribution in [0.4, 0.5) is 4.39 Å². The van der Waals surface area contributed by atoms with Gasteiger partial charge in [0.1, 0.15) is 11.6 Å². The number of fused-ring (bicyclic) bond motifs is 4. The molecule has 4 rings (SSSR count). The lowest BCUT2D eigenvalue weighted by atomic mass is 9.61. The standard InChI is InChI=1S/C24H30FN3O2/c1-24-10-12-27(2)21(13-17-5-8-19(29)14-20(17)24)23(24)28(15-22(26)30)11-9-16-3-6-18(25)7-4-16/h3-8,14,21,23,29H,9-13,15H2,1-2H3,(H2,26,30)/t21-,23+,24-/m1/s1. The molecule has 2 bridgehead atoms. The lowest BCUT2D eigenvalue weighted by Crippen LogP contribution is -2.68. The lowest BCUT2D eigenvalue weighted by molar-refractivity contribution is -0.121. The number of amides is 1. The van der Waals surface area contributed by atoms with E-state index in [1.165, 1.54) is 23.3 Å². The van der Waals surface area contributed by atoms with Crippen LogP contribution in [0.15, 0.2) is 42.5 Å². The highest BCUT2D eigenvalue weighted by Gasteiger charge is 2.52.